The predicted octanol–water partition coefficient (Wildman–Crippen LogP) is 5.11. The highest BCUT2D eigenvalue weighted by atomic mass is 32.2. The molecule has 1 aromatic heterocycles. The third-order valence-electron chi connectivity index (χ3n) is 4.65. The molecule has 0 fully saturated rings. The minimum absolute atomic E-state index is 0.172. The van der Waals surface area contributed by atoms with Crippen LogP contribution in [-0.4, -0.2) is 28.5 Å². The first-order valence-corrected chi connectivity index (χ1v) is 10.1. The monoisotopic (exact) mass is 366 g/mol. The largest absolute Gasteiger partial charge is 0.342 e. The van der Waals surface area contributed by atoms with Crippen LogP contribution >= 0.6 is 11.8 Å². The van der Waals surface area contributed by atoms with Gasteiger partial charge < -0.3 is 9.47 Å². The van der Waals surface area contributed by atoms with Gasteiger partial charge in [-0.1, -0.05) is 48.0 Å². The standard InChI is InChI=1S/C22H26N2OS/c1-4-23(5-2)22(25)15-24-14-21(19-11-6-7-12-20(19)24)26-16-18-10-8-9-17(3)13-18/h6-14H,4-5,15-16H2,1-3H3. The summed E-state index contributed by atoms with van der Waals surface area (Å²) >= 11 is 1.83. The number of para-hydroxylation sites is 1. The third kappa shape index (κ3) is 4.13. The van der Waals surface area contributed by atoms with Crippen LogP contribution < -0.4 is 0 Å². The summed E-state index contributed by atoms with van der Waals surface area (Å²) in [5.74, 6) is 1.10. The molecule has 0 saturated carbocycles. The Balaban J connectivity index is 1.84. The molecule has 136 valence electrons. The molecule has 0 unspecified atom stereocenters. The normalized spacial score (nSPS) is 11.0. The highest BCUT2D eigenvalue weighted by molar-refractivity contribution is 7.98. The molecule has 0 spiro atoms. The van der Waals surface area contributed by atoms with Crippen LogP contribution in [0.3, 0.4) is 0 Å². The number of nitrogens with zero attached hydrogens (tertiary/aromatic N) is 2. The molecule has 1 amide bonds. The van der Waals surface area contributed by atoms with Crippen molar-refractivity contribution < 1.29 is 4.79 Å². The number of likely N-dealkylation sites (N-methyl/N-ethyl adjacent to an activating group) is 1. The van der Waals surface area contributed by atoms with Crippen LogP contribution in [0.5, 0.6) is 0 Å². The van der Waals surface area contributed by atoms with Crippen molar-refractivity contribution in [1.82, 2.24) is 9.47 Å². The van der Waals surface area contributed by atoms with Gasteiger partial charge in [0.1, 0.15) is 6.54 Å². The average Bonchev–Trinajstić information content (AvgIpc) is 2.99. The minimum atomic E-state index is 0.172. The predicted molar refractivity (Wildman–Crippen MR) is 111 cm³/mol. The van der Waals surface area contributed by atoms with E-state index in [0.717, 1.165) is 24.4 Å². The van der Waals surface area contributed by atoms with Gasteiger partial charge in [-0.05, 0) is 32.4 Å². The van der Waals surface area contributed by atoms with Gasteiger partial charge in [0.05, 0.1) is 0 Å². The lowest BCUT2D eigenvalue weighted by Gasteiger charge is -2.19. The van der Waals surface area contributed by atoms with E-state index in [1.807, 2.05) is 36.6 Å². The van der Waals surface area contributed by atoms with E-state index < -0.39 is 0 Å². The zero-order chi connectivity index (χ0) is 18.5. The molecule has 0 aliphatic heterocycles. The molecule has 4 heteroatoms. The molecular formula is C22H26N2OS. The summed E-state index contributed by atoms with van der Waals surface area (Å²) in [6.45, 7) is 8.08. The Labute approximate surface area is 160 Å². The summed E-state index contributed by atoms with van der Waals surface area (Å²) < 4.78 is 2.09. The zero-order valence-electron chi connectivity index (χ0n) is 15.7. The number of aromatic nitrogens is 1. The van der Waals surface area contributed by atoms with Gasteiger partial charge in [0.25, 0.3) is 0 Å². The van der Waals surface area contributed by atoms with Crippen molar-refractivity contribution in [2.75, 3.05) is 13.1 Å². The molecule has 0 N–H and O–H groups in total. The van der Waals surface area contributed by atoms with Gasteiger partial charge in [-0.15, -0.1) is 11.8 Å². The fraction of sp³-hybridized carbons (Fsp3) is 0.318. The second-order valence-electron chi connectivity index (χ2n) is 6.48. The first kappa shape index (κ1) is 18.6. The maximum Gasteiger partial charge on any atom is 0.242 e. The van der Waals surface area contributed by atoms with Crippen molar-refractivity contribution in [2.45, 2.75) is 38.0 Å². The Kier molecular flexibility index (Phi) is 6.04. The lowest BCUT2D eigenvalue weighted by Crippen LogP contribution is -2.33. The Morgan fingerprint density at radius 3 is 2.58 bits per heavy atom. The molecule has 3 rings (SSSR count). The van der Waals surface area contributed by atoms with Crippen LogP contribution in [0.1, 0.15) is 25.0 Å². The van der Waals surface area contributed by atoms with Crippen molar-refractivity contribution in [1.29, 1.82) is 0 Å². The molecule has 26 heavy (non-hydrogen) atoms. The van der Waals surface area contributed by atoms with Crippen molar-refractivity contribution in [2.24, 2.45) is 0 Å². The van der Waals surface area contributed by atoms with Crippen molar-refractivity contribution >= 4 is 28.6 Å². The number of benzene rings is 2. The van der Waals surface area contributed by atoms with Gasteiger partial charge in [0, 0.05) is 40.8 Å². The first-order valence-electron chi connectivity index (χ1n) is 9.16. The van der Waals surface area contributed by atoms with Gasteiger partial charge in [0.2, 0.25) is 5.91 Å². The van der Waals surface area contributed by atoms with Crippen LogP contribution in [0.25, 0.3) is 10.9 Å². The van der Waals surface area contributed by atoms with Gasteiger partial charge >= 0.3 is 0 Å². The van der Waals surface area contributed by atoms with Gasteiger partial charge in [-0.25, -0.2) is 0 Å². The molecule has 0 aliphatic rings. The number of rotatable bonds is 7. The third-order valence-corrected chi connectivity index (χ3v) is 5.76. The smallest absolute Gasteiger partial charge is 0.242 e. The number of hydrogen-bond acceptors (Lipinski definition) is 2. The minimum Gasteiger partial charge on any atom is -0.342 e. The van der Waals surface area contributed by atoms with Crippen molar-refractivity contribution in [3.05, 3.63) is 65.9 Å². The highest BCUT2D eigenvalue weighted by Gasteiger charge is 2.14. The Morgan fingerprint density at radius 2 is 1.85 bits per heavy atom. The van der Waals surface area contributed by atoms with E-state index >= 15 is 0 Å². The maximum atomic E-state index is 12.5. The molecule has 0 atom stereocenters. The second kappa shape index (κ2) is 8.45. The van der Waals surface area contributed by atoms with E-state index in [-0.39, 0.29) is 5.91 Å². The highest BCUT2D eigenvalue weighted by Crippen LogP contribution is 2.32. The lowest BCUT2D eigenvalue weighted by atomic mass is 10.2. The van der Waals surface area contributed by atoms with E-state index in [0.29, 0.717) is 6.54 Å². The number of carbonyl (C=O) groups is 1. The number of aryl methyl sites for hydroxylation is 1. The molecule has 2 aromatic carbocycles. The number of thioether (sulfide) groups is 1. The summed E-state index contributed by atoms with van der Waals surface area (Å²) in [6, 6.07) is 17.0. The molecule has 0 radical (unpaired) electrons. The maximum absolute atomic E-state index is 12.5. The Morgan fingerprint density at radius 1 is 1.08 bits per heavy atom. The second-order valence-corrected chi connectivity index (χ2v) is 7.50. The fourth-order valence-electron chi connectivity index (χ4n) is 3.24. The molecule has 0 aliphatic carbocycles. The van der Waals surface area contributed by atoms with Crippen LogP contribution in [-0.2, 0) is 17.1 Å². The topological polar surface area (TPSA) is 25.2 Å². The summed E-state index contributed by atoms with van der Waals surface area (Å²) in [5.41, 5.74) is 3.74. The summed E-state index contributed by atoms with van der Waals surface area (Å²) in [4.78, 5) is 15.7. The SMILES string of the molecule is CCN(CC)C(=O)Cn1cc(SCc2cccc(C)c2)c2ccccc21. The Hall–Kier alpha value is -2.20. The van der Waals surface area contributed by atoms with Crippen LogP contribution in [0, 0.1) is 6.92 Å². The molecule has 3 nitrogen and oxygen atoms in total. The Bertz CT molecular complexity index is 896. The number of amides is 1. The van der Waals surface area contributed by atoms with Crippen LogP contribution in [0.4, 0.5) is 0 Å². The number of fused-ring (bicyclic) bond motifs is 1. The first-order chi connectivity index (χ1) is 12.6. The molecule has 3 aromatic rings. The fourth-order valence-corrected chi connectivity index (χ4v) is 4.28. The molecular weight excluding hydrogens is 340 g/mol. The van der Waals surface area contributed by atoms with Crippen LogP contribution in [0.2, 0.25) is 0 Å². The average molecular weight is 367 g/mol. The van der Waals surface area contributed by atoms with Crippen molar-refractivity contribution in [3.8, 4) is 0 Å². The summed E-state index contributed by atoms with van der Waals surface area (Å²) in [6.07, 6.45) is 2.13. The quantitative estimate of drug-likeness (QED) is 0.543. The summed E-state index contributed by atoms with van der Waals surface area (Å²) in [5, 5.41) is 1.22. The van der Waals surface area contributed by atoms with Gasteiger partial charge in [0.15, 0.2) is 0 Å². The lowest BCUT2D eigenvalue weighted by molar-refractivity contribution is -0.131. The van der Waals surface area contributed by atoms with Crippen molar-refractivity contribution in [3.63, 3.8) is 0 Å². The van der Waals surface area contributed by atoms with Crippen LogP contribution in [0.15, 0.2) is 59.6 Å². The van der Waals surface area contributed by atoms with Gasteiger partial charge in [-0.3, -0.25) is 4.79 Å². The number of hydrogen-bond donors (Lipinski definition) is 0. The molecule has 0 bridgehead atoms. The van der Waals surface area contributed by atoms with E-state index in [1.165, 1.54) is 21.4 Å². The zero-order valence-corrected chi connectivity index (χ0v) is 16.6. The summed E-state index contributed by atoms with van der Waals surface area (Å²) in [7, 11) is 0. The molecule has 0 saturated heterocycles. The molecule has 1 heterocycles. The van der Waals surface area contributed by atoms with E-state index in [9.17, 15) is 4.79 Å². The van der Waals surface area contributed by atoms with Gasteiger partial charge in [-0.2, -0.15) is 0 Å². The van der Waals surface area contributed by atoms with E-state index in [4.69, 9.17) is 0 Å². The van der Waals surface area contributed by atoms with E-state index in [2.05, 4.69) is 60.2 Å². The van der Waals surface area contributed by atoms with E-state index in [1.54, 1.807) is 0 Å². The number of carbonyl (C=O) groups excluding carboxylic acids is 1.